The number of aliphatic carboxylic acids is 1. The third kappa shape index (κ3) is 13.3. The standard InChI is InChI=1S/C66H80N10O14/c1-63(2,3)87-59(82)75(60(83)88-64(4,5)6)53-47-45(49(41-32-43(41)57(79)80)71(13)51(47)67-34-69-53)37-21-25-39(26-22-37)56(78)74-30-17-18-40(74)27-31-86-58(81)44-33-42(44)50-46(36-19-23-38(24-20-36)55(77)73-28-15-16-29-73)48-52(72(50)14)68-35-70-54(48)76(61(84)89-65(7,8)9)62(85)90-66(10,11)12/h19-26,34-35,40-44H,15-18,27-33H2,1-14H3,(H,79,80). The van der Waals surface area contributed by atoms with Gasteiger partial charge in [-0.2, -0.15) is 9.80 Å². The van der Waals surface area contributed by atoms with Gasteiger partial charge in [0, 0.05) is 91.7 Å². The molecule has 2 aliphatic carbocycles. The molecule has 5 unspecified atom stereocenters. The van der Waals surface area contributed by atoms with Crippen LogP contribution < -0.4 is 9.80 Å². The Morgan fingerprint density at radius 2 is 0.933 bits per heavy atom. The van der Waals surface area contributed by atoms with Crippen molar-refractivity contribution in [3.05, 3.63) is 83.7 Å². The molecule has 2 saturated carbocycles. The molecule has 0 spiro atoms. The number of likely N-dealkylation sites (tertiary alicyclic amines) is 2. The summed E-state index contributed by atoms with van der Waals surface area (Å²) in [5.41, 5.74) is 0.911. The van der Waals surface area contributed by atoms with E-state index >= 15 is 0 Å². The number of carboxylic acids is 1. The number of benzene rings is 2. The van der Waals surface area contributed by atoms with E-state index in [4.69, 9.17) is 23.7 Å². The Balaban J connectivity index is 0.903. The van der Waals surface area contributed by atoms with Gasteiger partial charge in [-0.25, -0.2) is 39.1 Å². The maximum absolute atomic E-state index is 14.5. The lowest BCUT2D eigenvalue weighted by Gasteiger charge is -2.28. The van der Waals surface area contributed by atoms with Crippen LogP contribution in [-0.2, 0) is 47.4 Å². The minimum atomic E-state index is -1.05. The summed E-state index contributed by atoms with van der Waals surface area (Å²) in [6.45, 7) is 21.9. The molecule has 6 aromatic rings. The first-order valence-electron chi connectivity index (χ1n) is 30.6. The van der Waals surface area contributed by atoms with Gasteiger partial charge in [0.05, 0.1) is 29.2 Å². The second-order valence-corrected chi connectivity index (χ2v) is 27.7. The predicted octanol–water partition coefficient (Wildman–Crippen LogP) is 11.7. The molecular formula is C66H80N10O14. The Kier molecular flexibility index (Phi) is 17.1. The molecule has 1 N–H and O–H groups in total. The maximum Gasteiger partial charge on any atom is 0.425 e. The molecular weight excluding hydrogens is 1160 g/mol. The van der Waals surface area contributed by atoms with Crippen LogP contribution in [0.5, 0.6) is 0 Å². The summed E-state index contributed by atoms with van der Waals surface area (Å²) in [7, 11) is 3.53. The molecule has 0 bridgehead atoms. The van der Waals surface area contributed by atoms with Gasteiger partial charge in [-0.15, -0.1) is 0 Å². The number of imide groups is 2. The highest BCUT2D eigenvalue weighted by atomic mass is 16.6. The monoisotopic (exact) mass is 1240 g/mol. The number of carboxylic acid groups (broad SMARTS) is 1. The fraction of sp³-hybridized carbons (Fsp3) is 0.515. The van der Waals surface area contributed by atoms with Crippen LogP contribution in [0.2, 0.25) is 0 Å². The molecule has 24 nitrogen and oxygen atoms in total. The molecule has 10 rings (SSSR count). The summed E-state index contributed by atoms with van der Waals surface area (Å²) in [5.74, 6) is -4.14. The SMILES string of the molecule is Cn1c(C2CC2C(=O)O)c(-c2ccc(C(=O)N3CCCC3CCOC(=O)C3CC3c3c(-c4ccc(C(=O)N5CCCC5)cc4)c4c(N(C(=O)OC(C)(C)C)C(=O)OC(C)(C)C)ncnc4n3C)cc2)c2c(N(C(=O)OC(C)(C)C)C(=O)OC(C)(C)C)ncnc21. The van der Waals surface area contributed by atoms with Crippen molar-refractivity contribution in [1.82, 2.24) is 38.9 Å². The fourth-order valence-electron chi connectivity index (χ4n) is 12.2. The van der Waals surface area contributed by atoms with E-state index in [-0.39, 0.29) is 41.5 Å². The van der Waals surface area contributed by atoms with Crippen LogP contribution in [-0.4, -0.2) is 147 Å². The minimum Gasteiger partial charge on any atom is -0.481 e. The van der Waals surface area contributed by atoms with Crippen LogP contribution in [0.4, 0.5) is 30.8 Å². The molecule has 0 radical (unpaired) electrons. The summed E-state index contributed by atoms with van der Waals surface area (Å²) in [6.07, 6.45) is 2.65. The van der Waals surface area contributed by atoms with E-state index in [9.17, 15) is 43.5 Å². The Labute approximate surface area is 522 Å². The number of amides is 6. The lowest BCUT2D eigenvalue weighted by Crippen LogP contribution is -2.44. The molecule has 6 amide bonds. The summed E-state index contributed by atoms with van der Waals surface area (Å²) in [5, 5.41) is 10.7. The van der Waals surface area contributed by atoms with Crippen LogP contribution in [0.3, 0.4) is 0 Å². The van der Waals surface area contributed by atoms with Crippen molar-refractivity contribution < 1.29 is 67.1 Å². The predicted molar refractivity (Wildman–Crippen MR) is 332 cm³/mol. The van der Waals surface area contributed by atoms with Gasteiger partial charge in [0.25, 0.3) is 11.8 Å². The molecule has 5 atom stereocenters. The number of fused-ring (bicyclic) bond motifs is 2. The van der Waals surface area contributed by atoms with Gasteiger partial charge >= 0.3 is 36.3 Å². The van der Waals surface area contributed by atoms with Gasteiger partial charge in [-0.3, -0.25) is 19.2 Å². The third-order valence-corrected chi connectivity index (χ3v) is 16.2. The molecule has 4 fully saturated rings. The zero-order valence-corrected chi connectivity index (χ0v) is 53.7. The number of hydrogen-bond donors (Lipinski definition) is 1. The Hall–Kier alpha value is -8.96. The topological polar surface area (TPSA) is 277 Å². The zero-order valence-electron chi connectivity index (χ0n) is 53.7. The van der Waals surface area contributed by atoms with E-state index in [0.29, 0.717) is 113 Å². The van der Waals surface area contributed by atoms with Gasteiger partial charge in [-0.05, 0) is 157 Å². The molecule has 2 saturated heterocycles. The van der Waals surface area contributed by atoms with E-state index in [2.05, 4.69) is 19.9 Å². The van der Waals surface area contributed by atoms with Crippen molar-refractivity contribution in [3.63, 3.8) is 0 Å². The number of carbonyl (C=O) groups is 8. The van der Waals surface area contributed by atoms with E-state index < -0.39 is 82.4 Å². The Morgan fingerprint density at radius 1 is 0.533 bits per heavy atom. The number of carbonyl (C=O) groups excluding carboxylic acids is 7. The minimum absolute atomic E-state index is 0.0245. The van der Waals surface area contributed by atoms with Crippen molar-refractivity contribution in [2.24, 2.45) is 25.9 Å². The highest BCUT2D eigenvalue weighted by Crippen LogP contribution is 2.55. The quantitative estimate of drug-likeness (QED) is 0.0831. The van der Waals surface area contributed by atoms with Crippen LogP contribution in [0.25, 0.3) is 44.3 Å². The fourth-order valence-corrected chi connectivity index (χ4v) is 12.2. The smallest absolute Gasteiger partial charge is 0.425 e. The van der Waals surface area contributed by atoms with Crippen LogP contribution >= 0.6 is 0 Å². The molecule has 2 aromatic carbocycles. The number of esters is 1. The molecule has 6 heterocycles. The summed E-state index contributed by atoms with van der Waals surface area (Å²) >= 11 is 0. The first-order chi connectivity index (χ1) is 42.2. The number of anilines is 2. The normalized spacial score (nSPS) is 19.2. The summed E-state index contributed by atoms with van der Waals surface area (Å²) in [4.78, 5) is 134. The number of aryl methyl sites for hydroxylation is 2. The molecule has 2 aliphatic heterocycles. The Bertz CT molecular complexity index is 3780. The van der Waals surface area contributed by atoms with Crippen LogP contribution in [0, 0.1) is 11.8 Å². The summed E-state index contributed by atoms with van der Waals surface area (Å²) < 4.78 is 32.6. The second-order valence-electron chi connectivity index (χ2n) is 27.7. The third-order valence-electron chi connectivity index (χ3n) is 16.2. The first-order valence-corrected chi connectivity index (χ1v) is 30.6. The van der Waals surface area contributed by atoms with Crippen LogP contribution in [0.1, 0.15) is 172 Å². The van der Waals surface area contributed by atoms with Gasteiger partial charge < -0.3 is 47.7 Å². The largest absolute Gasteiger partial charge is 0.481 e. The molecule has 4 aliphatic rings. The van der Waals surface area contributed by atoms with E-state index in [0.717, 1.165) is 22.6 Å². The van der Waals surface area contributed by atoms with Crippen molar-refractivity contribution in [2.45, 2.75) is 168 Å². The second kappa shape index (κ2) is 24.1. The highest BCUT2D eigenvalue weighted by Gasteiger charge is 2.51. The number of nitrogens with zero attached hydrogens (tertiary/aromatic N) is 10. The van der Waals surface area contributed by atoms with Crippen molar-refractivity contribution in [1.29, 1.82) is 0 Å². The van der Waals surface area contributed by atoms with E-state index in [1.807, 2.05) is 9.47 Å². The molecule has 478 valence electrons. The number of rotatable bonds is 13. The van der Waals surface area contributed by atoms with Gasteiger partial charge in [0.2, 0.25) is 0 Å². The van der Waals surface area contributed by atoms with Gasteiger partial charge in [0.15, 0.2) is 11.6 Å². The van der Waals surface area contributed by atoms with Gasteiger partial charge in [0.1, 0.15) is 46.4 Å². The van der Waals surface area contributed by atoms with Crippen molar-refractivity contribution in [2.75, 3.05) is 36.0 Å². The van der Waals surface area contributed by atoms with E-state index in [1.54, 1.807) is 155 Å². The lowest BCUT2D eigenvalue weighted by atomic mass is 9.98. The Morgan fingerprint density at radius 3 is 1.33 bits per heavy atom. The van der Waals surface area contributed by atoms with Gasteiger partial charge in [-0.1, -0.05) is 24.3 Å². The summed E-state index contributed by atoms with van der Waals surface area (Å²) in [6, 6.07) is 13.7. The van der Waals surface area contributed by atoms with Crippen molar-refractivity contribution >= 4 is 81.8 Å². The number of ether oxygens (including phenoxy) is 5. The number of aromatic nitrogens is 6. The van der Waals surface area contributed by atoms with Crippen LogP contribution in [0.15, 0.2) is 61.2 Å². The molecule has 24 heteroatoms. The highest BCUT2D eigenvalue weighted by molar-refractivity contribution is 6.18. The van der Waals surface area contributed by atoms with Crippen molar-refractivity contribution in [3.8, 4) is 22.3 Å². The first kappa shape index (κ1) is 64.0. The average molecular weight is 1240 g/mol. The lowest BCUT2D eigenvalue weighted by molar-refractivity contribution is -0.145. The number of hydrogen-bond acceptors (Lipinski definition) is 17. The zero-order chi connectivity index (χ0) is 65.3. The molecule has 90 heavy (non-hydrogen) atoms. The molecule has 4 aromatic heterocycles. The maximum atomic E-state index is 14.5. The average Bonchev–Trinajstić information content (AvgIpc) is 1.57. The van der Waals surface area contributed by atoms with E-state index in [1.165, 1.54) is 12.7 Å².